The number of hydrogen-bond donors (Lipinski definition) is 1. The first-order valence-corrected chi connectivity index (χ1v) is 7.74. The molecule has 0 aliphatic rings. The van der Waals surface area contributed by atoms with E-state index in [1.165, 1.54) is 17.5 Å². The first-order valence-electron chi connectivity index (χ1n) is 6.30. The third-order valence-electron chi connectivity index (χ3n) is 2.86. The molecule has 0 amide bonds. The largest absolute Gasteiger partial charge is 0.383 e. The average Bonchev–Trinajstić information content (AvgIpc) is 2.48. The van der Waals surface area contributed by atoms with E-state index in [1.807, 2.05) is 13.0 Å². The van der Waals surface area contributed by atoms with Gasteiger partial charge in [0, 0.05) is 19.8 Å². The van der Waals surface area contributed by atoms with Crippen molar-refractivity contribution in [1.82, 2.24) is 4.98 Å². The Kier molecular flexibility index (Phi) is 4.24. The minimum atomic E-state index is -3.69. The van der Waals surface area contributed by atoms with E-state index in [9.17, 15) is 8.42 Å². The van der Waals surface area contributed by atoms with Gasteiger partial charge in [-0.15, -0.1) is 0 Å². The van der Waals surface area contributed by atoms with E-state index in [0.29, 0.717) is 17.9 Å². The molecule has 0 atom stereocenters. The van der Waals surface area contributed by atoms with Crippen molar-refractivity contribution in [1.29, 1.82) is 0 Å². The monoisotopic (exact) mass is 291 g/mol. The number of anilines is 2. The summed E-state index contributed by atoms with van der Waals surface area (Å²) in [6, 6.07) is 12.3. The molecule has 0 fully saturated rings. The Bertz CT molecular complexity index is 672. The predicted molar refractivity (Wildman–Crippen MR) is 80.4 cm³/mol. The van der Waals surface area contributed by atoms with E-state index in [0.717, 1.165) is 0 Å². The summed E-state index contributed by atoms with van der Waals surface area (Å²) in [7, 11) is -2.16. The normalized spacial score (nSPS) is 11.1. The lowest BCUT2D eigenvalue weighted by Gasteiger charge is -2.20. The highest BCUT2D eigenvalue weighted by atomic mass is 32.2. The Morgan fingerprint density at radius 2 is 1.85 bits per heavy atom. The van der Waals surface area contributed by atoms with Gasteiger partial charge in [0.25, 0.3) is 10.0 Å². The van der Waals surface area contributed by atoms with E-state index in [2.05, 4.69) is 10.3 Å². The third-order valence-corrected chi connectivity index (χ3v) is 4.61. The predicted octanol–water partition coefficient (Wildman–Crippen LogP) is 2.34. The molecule has 0 aliphatic carbocycles. The zero-order valence-electron chi connectivity index (χ0n) is 11.4. The Hall–Kier alpha value is -2.08. The van der Waals surface area contributed by atoms with Crippen molar-refractivity contribution < 1.29 is 8.42 Å². The molecular formula is C14H17N3O2S. The van der Waals surface area contributed by atoms with Gasteiger partial charge in [0.15, 0.2) is 5.03 Å². The number of para-hydroxylation sites is 1. The molecule has 2 aromatic rings. The van der Waals surface area contributed by atoms with Crippen LogP contribution in [-0.2, 0) is 10.0 Å². The molecule has 0 saturated heterocycles. The van der Waals surface area contributed by atoms with Crippen LogP contribution in [0, 0.1) is 0 Å². The second-order valence-corrected chi connectivity index (χ2v) is 6.08. The summed E-state index contributed by atoms with van der Waals surface area (Å²) in [5.74, 6) is 0. The Labute approximate surface area is 119 Å². The summed E-state index contributed by atoms with van der Waals surface area (Å²) >= 11 is 0. The topological polar surface area (TPSA) is 62.3 Å². The fourth-order valence-corrected chi connectivity index (χ4v) is 3.10. The van der Waals surface area contributed by atoms with Gasteiger partial charge in [0.05, 0.1) is 11.4 Å². The maximum absolute atomic E-state index is 12.7. The van der Waals surface area contributed by atoms with E-state index in [4.69, 9.17) is 0 Å². The number of rotatable bonds is 5. The maximum Gasteiger partial charge on any atom is 0.283 e. The molecule has 0 unspecified atom stereocenters. The molecule has 1 aromatic carbocycles. The van der Waals surface area contributed by atoms with Crippen molar-refractivity contribution in [3.8, 4) is 0 Å². The Morgan fingerprint density at radius 3 is 2.50 bits per heavy atom. The second kappa shape index (κ2) is 5.92. The lowest BCUT2D eigenvalue weighted by atomic mass is 10.3. The second-order valence-electron chi connectivity index (χ2n) is 4.19. The summed E-state index contributed by atoms with van der Waals surface area (Å²) < 4.78 is 26.5. The fraction of sp³-hybridized carbons (Fsp3) is 0.214. The van der Waals surface area contributed by atoms with Crippen molar-refractivity contribution in [2.45, 2.75) is 11.9 Å². The maximum atomic E-state index is 12.7. The summed E-state index contributed by atoms with van der Waals surface area (Å²) in [5, 5.41) is 3.06. The van der Waals surface area contributed by atoms with Gasteiger partial charge in [-0.25, -0.2) is 4.98 Å². The minimum absolute atomic E-state index is 0.0354. The molecule has 0 bridgehead atoms. The number of sulfonamides is 1. The first-order chi connectivity index (χ1) is 9.57. The van der Waals surface area contributed by atoms with Crippen molar-refractivity contribution >= 4 is 21.4 Å². The molecule has 1 aromatic heterocycles. The van der Waals surface area contributed by atoms with Gasteiger partial charge in [-0.1, -0.05) is 18.2 Å². The number of benzene rings is 1. The summed E-state index contributed by atoms with van der Waals surface area (Å²) in [6.45, 7) is 2.54. The van der Waals surface area contributed by atoms with E-state index < -0.39 is 10.0 Å². The van der Waals surface area contributed by atoms with Crippen molar-refractivity contribution in [2.75, 3.05) is 23.2 Å². The molecule has 6 heteroatoms. The van der Waals surface area contributed by atoms with Gasteiger partial charge in [-0.2, -0.15) is 8.42 Å². The minimum Gasteiger partial charge on any atom is -0.383 e. The number of nitrogens with one attached hydrogen (secondary N) is 1. The van der Waals surface area contributed by atoms with E-state index in [-0.39, 0.29) is 5.03 Å². The van der Waals surface area contributed by atoms with Crippen molar-refractivity contribution in [3.63, 3.8) is 0 Å². The number of nitrogens with zero attached hydrogens (tertiary/aromatic N) is 2. The molecule has 2 rings (SSSR count). The molecule has 20 heavy (non-hydrogen) atoms. The Morgan fingerprint density at radius 1 is 1.15 bits per heavy atom. The van der Waals surface area contributed by atoms with Gasteiger partial charge in [-0.3, -0.25) is 4.31 Å². The van der Waals surface area contributed by atoms with Gasteiger partial charge in [-0.05, 0) is 31.2 Å². The highest BCUT2D eigenvalue weighted by Crippen LogP contribution is 2.25. The van der Waals surface area contributed by atoms with E-state index in [1.54, 1.807) is 36.4 Å². The van der Waals surface area contributed by atoms with Gasteiger partial charge >= 0.3 is 0 Å². The molecule has 1 heterocycles. The fourth-order valence-electron chi connectivity index (χ4n) is 1.83. The zero-order chi connectivity index (χ0) is 14.6. The smallest absolute Gasteiger partial charge is 0.283 e. The van der Waals surface area contributed by atoms with Crippen LogP contribution in [0.3, 0.4) is 0 Å². The summed E-state index contributed by atoms with van der Waals surface area (Å²) in [6.07, 6.45) is 1.48. The van der Waals surface area contributed by atoms with Crippen LogP contribution in [0.4, 0.5) is 11.4 Å². The first kappa shape index (κ1) is 14.3. The molecule has 5 nitrogen and oxygen atoms in total. The van der Waals surface area contributed by atoms with Crippen LogP contribution in [0.25, 0.3) is 0 Å². The van der Waals surface area contributed by atoms with Crippen LogP contribution in [0.1, 0.15) is 6.92 Å². The summed E-state index contributed by atoms with van der Waals surface area (Å²) in [4.78, 5) is 4.02. The average molecular weight is 291 g/mol. The molecule has 106 valence electrons. The van der Waals surface area contributed by atoms with Crippen LogP contribution >= 0.6 is 0 Å². The number of aromatic nitrogens is 1. The third kappa shape index (κ3) is 2.75. The molecule has 0 radical (unpaired) electrons. The molecule has 0 saturated carbocycles. The highest BCUT2D eigenvalue weighted by Gasteiger charge is 2.25. The van der Waals surface area contributed by atoms with Gasteiger partial charge < -0.3 is 5.32 Å². The SMILES string of the molecule is CCNc1cccnc1S(=O)(=O)N(C)c1ccccc1. The van der Waals surface area contributed by atoms with Crippen molar-refractivity contribution in [2.24, 2.45) is 0 Å². The van der Waals surface area contributed by atoms with Crippen LogP contribution in [0.5, 0.6) is 0 Å². The molecule has 0 aliphatic heterocycles. The van der Waals surface area contributed by atoms with Crippen LogP contribution in [0.2, 0.25) is 0 Å². The van der Waals surface area contributed by atoms with Crippen LogP contribution in [0.15, 0.2) is 53.7 Å². The highest BCUT2D eigenvalue weighted by molar-refractivity contribution is 7.92. The van der Waals surface area contributed by atoms with E-state index >= 15 is 0 Å². The molecular weight excluding hydrogens is 274 g/mol. The molecule has 0 spiro atoms. The standard InChI is InChI=1S/C14H17N3O2S/c1-3-15-13-10-7-11-16-14(13)20(18,19)17(2)12-8-5-4-6-9-12/h4-11,15H,3H2,1-2H3. The Balaban J connectivity index is 2.45. The summed E-state index contributed by atoms with van der Waals surface area (Å²) in [5.41, 5.74) is 1.11. The van der Waals surface area contributed by atoms with Crippen LogP contribution in [-0.4, -0.2) is 27.0 Å². The number of hydrogen-bond acceptors (Lipinski definition) is 4. The number of pyridine rings is 1. The van der Waals surface area contributed by atoms with Crippen molar-refractivity contribution in [3.05, 3.63) is 48.7 Å². The van der Waals surface area contributed by atoms with Gasteiger partial charge in [0.2, 0.25) is 0 Å². The quantitative estimate of drug-likeness (QED) is 0.918. The van der Waals surface area contributed by atoms with Crippen LogP contribution < -0.4 is 9.62 Å². The lowest BCUT2D eigenvalue weighted by molar-refractivity contribution is 0.591. The molecule has 1 N–H and O–H groups in total. The van der Waals surface area contributed by atoms with Gasteiger partial charge in [0.1, 0.15) is 0 Å². The zero-order valence-corrected chi connectivity index (χ0v) is 12.3. The lowest BCUT2D eigenvalue weighted by Crippen LogP contribution is -2.28.